The Morgan fingerprint density at radius 1 is 1.08 bits per heavy atom. The molecule has 0 aliphatic heterocycles. The normalized spacial score (nSPS) is 15.2. The van der Waals surface area contributed by atoms with E-state index in [-0.39, 0.29) is 11.7 Å². The summed E-state index contributed by atoms with van der Waals surface area (Å²) in [6.07, 6.45) is 2.50. The molecule has 2 aromatic carbocycles. The fourth-order valence-electron chi connectivity index (χ4n) is 3.30. The average molecular weight is 343 g/mol. The third-order valence-corrected chi connectivity index (χ3v) is 5.02. The van der Waals surface area contributed by atoms with Gasteiger partial charge < -0.3 is 14.8 Å². The number of nitrogens with one attached hydrogen (secondary N) is 1. The number of halogens is 1. The number of rotatable bonds is 5. The van der Waals surface area contributed by atoms with Crippen molar-refractivity contribution in [2.45, 2.75) is 31.6 Å². The van der Waals surface area contributed by atoms with E-state index in [1.54, 1.807) is 32.4 Å². The van der Waals surface area contributed by atoms with Crippen molar-refractivity contribution in [3.63, 3.8) is 0 Å². The summed E-state index contributed by atoms with van der Waals surface area (Å²) < 4.78 is 23.8. The molecule has 0 radical (unpaired) electrons. The van der Waals surface area contributed by atoms with Crippen LogP contribution in [0.1, 0.15) is 30.4 Å². The lowest BCUT2D eigenvalue weighted by Gasteiger charge is -2.40. The van der Waals surface area contributed by atoms with Crippen molar-refractivity contribution in [1.82, 2.24) is 0 Å². The standard InChI is InChI=1S/C20H22FNO3/c1-13-11-17(24-2)18(25-3)12-16(13)22-19(23)20(9-4-10-20)14-5-7-15(21)8-6-14/h5-8,11-12H,4,9-10H2,1-3H3,(H,22,23). The summed E-state index contributed by atoms with van der Waals surface area (Å²) in [7, 11) is 3.14. The summed E-state index contributed by atoms with van der Waals surface area (Å²) in [5.74, 6) is 0.817. The van der Waals surface area contributed by atoms with Gasteiger partial charge in [0.2, 0.25) is 5.91 Å². The number of anilines is 1. The number of ether oxygens (including phenoxy) is 2. The number of hydrogen-bond donors (Lipinski definition) is 1. The van der Waals surface area contributed by atoms with Gasteiger partial charge in [-0.2, -0.15) is 0 Å². The van der Waals surface area contributed by atoms with Crippen molar-refractivity contribution in [2.75, 3.05) is 19.5 Å². The number of amides is 1. The Balaban J connectivity index is 1.89. The summed E-state index contributed by atoms with van der Waals surface area (Å²) >= 11 is 0. The molecule has 0 bridgehead atoms. The van der Waals surface area contributed by atoms with Gasteiger partial charge in [-0.1, -0.05) is 18.6 Å². The molecule has 1 fully saturated rings. The van der Waals surface area contributed by atoms with Crippen LogP contribution in [0.25, 0.3) is 0 Å². The van der Waals surface area contributed by atoms with Gasteiger partial charge in [0.25, 0.3) is 0 Å². The molecule has 1 amide bonds. The lowest BCUT2D eigenvalue weighted by Crippen LogP contribution is -2.46. The second kappa shape index (κ2) is 6.75. The van der Waals surface area contributed by atoms with Crippen LogP contribution >= 0.6 is 0 Å². The van der Waals surface area contributed by atoms with Crippen molar-refractivity contribution in [3.05, 3.63) is 53.3 Å². The summed E-state index contributed by atoms with van der Waals surface area (Å²) in [6, 6.07) is 9.82. The number of carbonyl (C=O) groups excluding carboxylic acids is 1. The second-order valence-electron chi connectivity index (χ2n) is 6.42. The first-order valence-electron chi connectivity index (χ1n) is 8.30. The van der Waals surface area contributed by atoms with Crippen molar-refractivity contribution >= 4 is 11.6 Å². The smallest absolute Gasteiger partial charge is 0.235 e. The third kappa shape index (κ3) is 3.06. The number of methoxy groups -OCH3 is 2. The van der Waals surface area contributed by atoms with Crippen LogP contribution in [0, 0.1) is 12.7 Å². The summed E-state index contributed by atoms with van der Waals surface area (Å²) in [4.78, 5) is 13.0. The van der Waals surface area contributed by atoms with E-state index in [0.29, 0.717) is 17.2 Å². The zero-order valence-corrected chi connectivity index (χ0v) is 14.7. The van der Waals surface area contributed by atoms with E-state index >= 15 is 0 Å². The Labute approximate surface area is 147 Å². The van der Waals surface area contributed by atoms with Crippen LogP contribution < -0.4 is 14.8 Å². The van der Waals surface area contributed by atoms with Crippen LogP contribution in [0.5, 0.6) is 11.5 Å². The Kier molecular flexibility index (Phi) is 4.66. The van der Waals surface area contributed by atoms with Crippen molar-refractivity contribution < 1.29 is 18.7 Å². The van der Waals surface area contributed by atoms with Gasteiger partial charge >= 0.3 is 0 Å². The molecule has 0 unspecified atom stereocenters. The zero-order valence-electron chi connectivity index (χ0n) is 14.7. The molecule has 2 aromatic rings. The van der Waals surface area contributed by atoms with E-state index in [1.165, 1.54) is 12.1 Å². The Bertz CT molecular complexity index is 782. The molecule has 1 saturated carbocycles. The predicted molar refractivity (Wildman–Crippen MR) is 94.8 cm³/mol. The molecule has 1 aliphatic rings. The molecule has 0 spiro atoms. The van der Waals surface area contributed by atoms with E-state index < -0.39 is 5.41 Å². The minimum absolute atomic E-state index is 0.0688. The van der Waals surface area contributed by atoms with Gasteiger partial charge in [0.15, 0.2) is 11.5 Å². The van der Waals surface area contributed by atoms with Crippen LogP contribution in [-0.2, 0) is 10.2 Å². The van der Waals surface area contributed by atoms with Gasteiger partial charge in [-0.05, 0) is 49.1 Å². The van der Waals surface area contributed by atoms with Crippen molar-refractivity contribution in [3.8, 4) is 11.5 Å². The molecule has 3 rings (SSSR count). The fourth-order valence-corrected chi connectivity index (χ4v) is 3.30. The first-order valence-corrected chi connectivity index (χ1v) is 8.30. The molecular formula is C20H22FNO3. The number of benzene rings is 2. The van der Waals surface area contributed by atoms with E-state index in [2.05, 4.69) is 5.32 Å². The topological polar surface area (TPSA) is 47.6 Å². The van der Waals surface area contributed by atoms with Crippen molar-refractivity contribution in [2.24, 2.45) is 0 Å². The first-order chi connectivity index (χ1) is 12.0. The van der Waals surface area contributed by atoms with Crippen molar-refractivity contribution in [1.29, 1.82) is 0 Å². The summed E-state index contributed by atoms with van der Waals surface area (Å²) in [6.45, 7) is 1.91. The molecule has 0 heterocycles. The van der Waals surface area contributed by atoms with Crippen LogP contribution in [-0.4, -0.2) is 20.1 Å². The number of aryl methyl sites for hydroxylation is 1. The zero-order chi connectivity index (χ0) is 18.0. The quantitative estimate of drug-likeness (QED) is 0.884. The highest BCUT2D eigenvalue weighted by atomic mass is 19.1. The van der Waals surface area contributed by atoms with Gasteiger partial charge in [-0.15, -0.1) is 0 Å². The largest absolute Gasteiger partial charge is 0.493 e. The lowest BCUT2D eigenvalue weighted by molar-refractivity contribution is -0.124. The lowest BCUT2D eigenvalue weighted by atomic mass is 9.63. The highest BCUT2D eigenvalue weighted by Crippen LogP contribution is 2.45. The minimum atomic E-state index is -0.590. The molecule has 25 heavy (non-hydrogen) atoms. The third-order valence-electron chi connectivity index (χ3n) is 5.02. The minimum Gasteiger partial charge on any atom is -0.493 e. The maximum atomic E-state index is 13.2. The summed E-state index contributed by atoms with van der Waals surface area (Å²) in [5, 5.41) is 3.02. The highest BCUT2D eigenvalue weighted by Gasteiger charge is 2.45. The average Bonchev–Trinajstić information content (AvgIpc) is 2.57. The maximum Gasteiger partial charge on any atom is 0.235 e. The molecule has 0 aromatic heterocycles. The molecule has 1 aliphatic carbocycles. The van der Waals surface area contributed by atoms with Crippen LogP contribution in [0.2, 0.25) is 0 Å². The van der Waals surface area contributed by atoms with E-state index in [4.69, 9.17) is 9.47 Å². The fraction of sp³-hybridized carbons (Fsp3) is 0.350. The van der Waals surface area contributed by atoms with Crippen LogP contribution in [0.3, 0.4) is 0 Å². The second-order valence-corrected chi connectivity index (χ2v) is 6.42. The van der Waals surface area contributed by atoms with E-state index in [1.807, 2.05) is 13.0 Å². The summed E-state index contributed by atoms with van der Waals surface area (Å²) in [5.41, 5.74) is 1.85. The van der Waals surface area contributed by atoms with Gasteiger partial charge in [0.05, 0.1) is 19.6 Å². The number of hydrogen-bond acceptors (Lipinski definition) is 3. The number of carbonyl (C=O) groups is 1. The maximum absolute atomic E-state index is 13.2. The van der Waals surface area contributed by atoms with Gasteiger partial charge in [-0.25, -0.2) is 4.39 Å². The SMILES string of the molecule is COc1cc(C)c(NC(=O)C2(c3ccc(F)cc3)CCC2)cc1OC. The van der Waals surface area contributed by atoms with E-state index in [9.17, 15) is 9.18 Å². The van der Waals surface area contributed by atoms with Gasteiger partial charge in [0, 0.05) is 11.8 Å². The van der Waals surface area contributed by atoms with Crippen LogP contribution in [0.15, 0.2) is 36.4 Å². The Hall–Kier alpha value is -2.56. The van der Waals surface area contributed by atoms with Crippen LogP contribution in [0.4, 0.5) is 10.1 Å². The Morgan fingerprint density at radius 3 is 2.20 bits per heavy atom. The molecule has 5 heteroatoms. The molecule has 1 N–H and O–H groups in total. The Morgan fingerprint density at radius 2 is 1.68 bits per heavy atom. The monoisotopic (exact) mass is 343 g/mol. The molecule has 0 atom stereocenters. The highest BCUT2D eigenvalue weighted by molar-refractivity contribution is 6.00. The molecular weight excluding hydrogens is 321 g/mol. The predicted octanol–water partition coefficient (Wildman–Crippen LogP) is 4.21. The van der Waals surface area contributed by atoms with E-state index in [0.717, 1.165) is 30.4 Å². The van der Waals surface area contributed by atoms with Gasteiger partial charge in [-0.3, -0.25) is 4.79 Å². The molecule has 0 saturated heterocycles. The molecule has 132 valence electrons. The van der Waals surface area contributed by atoms with Gasteiger partial charge in [0.1, 0.15) is 5.82 Å². The first kappa shape index (κ1) is 17.3. The molecule has 4 nitrogen and oxygen atoms in total.